The van der Waals surface area contributed by atoms with E-state index in [1.807, 2.05) is 19.0 Å². The first-order valence-electron chi connectivity index (χ1n) is 6.80. The van der Waals surface area contributed by atoms with E-state index in [1.165, 1.54) is 0 Å². The summed E-state index contributed by atoms with van der Waals surface area (Å²) in [5.41, 5.74) is -0.721. The fourth-order valence-electron chi connectivity index (χ4n) is 2.65. The molecule has 4 nitrogen and oxygen atoms in total. The number of rotatable bonds is 6. The number of amides is 1. The largest absolute Gasteiger partial charge is 0.340 e. The molecule has 0 aromatic carbocycles. The minimum Gasteiger partial charge on any atom is -0.340 e. The summed E-state index contributed by atoms with van der Waals surface area (Å²) >= 11 is 0. The lowest BCUT2D eigenvalue weighted by atomic mass is 9.62. The molecule has 0 bridgehead atoms. The average Bonchev–Trinajstić information content (AvgIpc) is 2.29. The van der Waals surface area contributed by atoms with E-state index in [4.69, 9.17) is 0 Å². The van der Waals surface area contributed by atoms with Crippen molar-refractivity contribution in [3.63, 3.8) is 0 Å². The maximum Gasteiger partial charge on any atom is 0.243 e. The van der Waals surface area contributed by atoms with Crippen LogP contribution in [0.2, 0.25) is 0 Å². The van der Waals surface area contributed by atoms with Gasteiger partial charge in [0.15, 0.2) is 0 Å². The molecule has 1 rings (SSSR count). The van der Waals surface area contributed by atoms with Gasteiger partial charge < -0.3 is 9.80 Å². The minimum absolute atomic E-state index is 0.0480. The van der Waals surface area contributed by atoms with Gasteiger partial charge in [-0.25, -0.2) is 0 Å². The Morgan fingerprint density at radius 2 is 1.94 bits per heavy atom. The van der Waals surface area contributed by atoms with E-state index in [1.54, 1.807) is 0 Å². The zero-order valence-corrected chi connectivity index (χ0v) is 12.1. The van der Waals surface area contributed by atoms with Crippen LogP contribution in [0.4, 0.5) is 0 Å². The van der Waals surface area contributed by atoms with Crippen LogP contribution in [0.1, 0.15) is 33.1 Å². The lowest BCUT2D eigenvalue weighted by Crippen LogP contribution is -2.51. The van der Waals surface area contributed by atoms with Crippen molar-refractivity contribution in [2.75, 3.05) is 33.7 Å². The van der Waals surface area contributed by atoms with Gasteiger partial charge in [0.25, 0.3) is 0 Å². The smallest absolute Gasteiger partial charge is 0.243 e. The maximum absolute atomic E-state index is 12.5. The summed E-state index contributed by atoms with van der Waals surface area (Å²) in [5, 5.41) is 9.31. The molecule has 0 aromatic heterocycles. The summed E-state index contributed by atoms with van der Waals surface area (Å²) in [6, 6.07) is 2.27. The van der Waals surface area contributed by atoms with Crippen LogP contribution in [0.3, 0.4) is 0 Å². The minimum atomic E-state index is -0.721. The first-order chi connectivity index (χ1) is 8.45. The van der Waals surface area contributed by atoms with Crippen molar-refractivity contribution in [3.05, 3.63) is 0 Å². The molecule has 0 aliphatic heterocycles. The molecule has 0 N–H and O–H groups in total. The number of hydrogen-bond donors (Lipinski definition) is 0. The molecule has 0 heterocycles. The second-order valence-corrected chi connectivity index (χ2v) is 5.80. The van der Waals surface area contributed by atoms with Crippen LogP contribution >= 0.6 is 0 Å². The van der Waals surface area contributed by atoms with Gasteiger partial charge in [-0.15, -0.1) is 0 Å². The Balaban J connectivity index is 2.67. The highest BCUT2D eigenvalue weighted by Gasteiger charge is 2.50. The standard InChI is InChI=1S/C14H25N3O/c1-5-6-17(8-7-16(3)4)13(18)14(11-15)9-12(2)10-14/h12H,5-10H2,1-4H3. The van der Waals surface area contributed by atoms with Crippen molar-refractivity contribution in [1.82, 2.24) is 9.80 Å². The predicted molar refractivity (Wildman–Crippen MR) is 71.9 cm³/mol. The van der Waals surface area contributed by atoms with Gasteiger partial charge in [-0.3, -0.25) is 4.79 Å². The van der Waals surface area contributed by atoms with Crippen LogP contribution in [0, 0.1) is 22.7 Å². The molecule has 1 fully saturated rings. The van der Waals surface area contributed by atoms with Crippen molar-refractivity contribution in [2.45, 2.75) is 33.1 Å². The number of hydrogen-bond acceptors (Lipinski definition) is 3. The summed E-state index contributed by atoms with van der Waals surface area (Å²) in [7, 11) is 4.00. The summed E-state index contributed by atoms with van der Waals surface area (Å²) in [4.78, 5) is 16.4. The second-order valence-electron chi connectivity index (χ2n) is 5.80. The molecule has 0 unspecified atom stereocenters. The Morgan fingerprint density at radius 1 is 1.33 bits per heavy atom. The fraction of sp³-hybridized carbons (Fsp3) is 0.857. The van der Waals surface area contributed by atoms with Gasteiger partial charge in [-0.2, -0.15) is 5.26 Å². The number of carbonyl (C=O) groups excluding carboxylic acids is 1. The van der Waals surface area contributed by atoms with Crippen LogP contribution < -0.4 is 0 Å². The molecule has 0 aromatic rings. The Morgan fingerprint density at radius 3 is 2.33 bits per heavy atom. The molecule has 0 atom stereocenters. The van der Waals surface area contributed by atoms with Gasteiger partial charge in [-0.1, -0.05) is 13.8 Å². The van der Waals surface area contributed by atoms with Crippen molar-refractivity contribution >= 4 is 5.91 Å². The van der Waals surface area contributed by atoms with Gasteiger partial charge in [0.2, 0.25) is 5.91 Å². The highest BCUT2D eigenvalue weighted by Crippen LogP contribution is 2.46. The lowest BCUT2D eigenvalue weighted by molar-refractivity contribution is -0.145. The molecule has 4 heteroatoms. The van der Waals surface area contributed by atoms with Crippen LogP contribution in [0.15, 0.2) is 0 Å². The first kappa shape index (κ1) is 15.0. The normalized spacial score (nSPS) is 26.6. The van der Waals surface area contributed by atoms with Crippen LogP contribution in [-0.2, 0) is 4.79 Å². The van der Waals surface area contributed by atoms with E-state index < -0.39 is 5.41 Å². The van der Waals surface area contributed by atoms with E-state index in [0.29, 0.717) is 5.92 Å². The monoisotopic (exact) mass is 251 g/mol. The van der Waals surface area contributed by atoms with E-state index in [0.717, 1.165) is 38.9 Å². The first-order valence-corrected chi connectivity index (χ1v) is 6.80. The van der Waals surface area contributed by atoms with E-state index in [2.05, 4.69) is 24.8 Å². The molecule has 0 spiro atoms. The topological polar surface area (TPSA) is 47.3 Å². The Labute approximate surface area is 111 Å². The Kier molecular flexibility index (Phi) is 5.15. The van der Waals surface area contributed by atoms with Gasteiger partial charge in [0, 0.05) is 19.6 Å². The maximum atomic E-state index is 12.5. The van der Waals surface area contributed by atoms with Crippen molar-refractivity contribution in [2.24, 2.45) is 11.3 Å². The molecule has 1 aliphatic carbocycles. The lowest BCUT2D eigenvalue weighted by Gasteiger charge is -2.42. The fourth-order valence-corrected chi connectivity index (χ4v) is 2.65. The SMILES string of the molecule is CCCN(CCN(C)C)C(=O)C1(C#N)CC(C)C1. The quantitative estimate of drug-likeness (QED) is 0.722. The average molecular weight is 251 g/mol. The summed E-state index contributed by atoms with van der Waals surface area (Å²) in [5.74, 6) is 0.553. The second kappa shape index (κ2) is 6.19. The summed E-state index contributed by atoms with van der Waals surface area (Å²) < 4.78 is 0. The van der Waals surface area contributed by atoms with E-state index in [9.17, 15) is 10.1 Å². The molecule has 1 amide bonds. The van der Waals surface area contributed by atoms with Gasteiger partial charge in [-0.05, 0) is 39.3 Å². The van der Waals surface area contributed by atoms with E-state index >= 15 is 0 Å². The van der Waals surface area contributed by atoms with Crippen LogP contribution in [0.5, 0.6) is 0 Å². The number of nitriles is 1. The summed E-state index contributed by atoms with van der Waals surface area (Å²) in [6.45, 7) is 6.50. The third-order valence-corrected chi connectivity index (χ3v) is 3.62. The zero-order valence-electron chi connectivity index (χ0n) is 12.1. The molecule has 18 heavy (non-hydrogen) atoms. The highest BCUT2D eigenvalue weighted by atomic mass is 16.2. The molecular formula is C14H25N3O. The van der Waals surface area contributed by atoms with Gasteiger partial charge >= 0.3 is 0 Å². The highest BCUT2D eigenvalue weighted by molar-refractivity contribution is 5.86. The van der Waals surface area contributed by atoms with Gasteiger partial charge in [0.1, 0.15) is 5.41 Å². The number of nitrogens with zero attached hydrogens (tertiary/aromatic N) is 3. The van der Waals surface area contributed by atoms with Crippen molar-refractivity contribution in [3.8, 4) is 6.07 Å². The van der Waals surface area contributed by atoms with Gasteiger partial charge in [0.05, 0.1) is 6.07 Å². The summed E-state index contributed by atoms with van der Waals surface area (Å²) in [6.07, 6.45) is 2.39. The molecule has 1 aliphatic rings. The van der Waals surface area contributed by atoms with Crippen molar-refractivity contribution < 1.29 is 4.79 Å². The zero-order chi connectivity index (χ0) is 13.8. The molecule has 1 saturated carbocycles. The Bertz CT molecular complexity index is 326. The predicted octanol–water partition coefficient (Wildman–Crippen LogP) is 1.73. The number of likely N-dealkylation sites (N-methyl/N-ethyl adjacent to an activating group) is 1. The molecule has 0 saturated heterocycles. The van der Waals surface area contributed by atoms with Crippen LogP contribution in [0.25, 0.3) is 0 Å². The Hall–Kier alpha value is -1.08. The molecule has 102 valence electrons. The van der Waals surface area contributed by atoms with Crippen molar-refractivity contribution in [1.29, 1.82) is 5.26 Å². The molecule has 0 radical (unpaired) electrons. The molecular weight excluding hydrogens is 226 g/mol. The third kappa shape index (κ3) is 3.23. The van der Waals surface area contributed by atoms with Crippen LogP contribution in [-0.4, -0.2) is 49.4 Å². The number of carbonyl (C=O) groups is 1. The third-order valence-electron chi connectivity index (χ3n) is 3.62. The van der Waals surface area contributed by atoms with E-state index in [-0.39, 0.29) is 5.91 Å².